The molecule has 0 radical (unpaired) electrons. The Morgan fingerprint density at radius 2 is 1.87 bits per heavy atom. The maximum atomic E-state index is 12.7. The first kappa shape index (κ1) is 24.1. The maximum Gasteiger partial charge on any atom is 0.338 e. The highest BCUT2D eigenvalue weighted by molar-refractivity contribution is 7.80. The van der Waals surface area contributed by atoms with Gasteiger partial charge in [-0.25, -0.2) is 9.59 Å². The van der Waals surface area contributed by atoms with Gasteiger partial charge in [-0.05, 0) is 57.6 Å². The maximum absolute atomic E-state index is 12.7. The molecule has 0 aromatic heterocycles. The Balaban J connectivity index is 2.25. The molecule has 1 atom stereocenters. The lowest BCUT2D eigenvalue weighted by Gasteiger charge is -2.37. The summed E-state index contributed by atoms with van der Waals surface area (Å²) in [4.78, 5) is 38.0. The average molecular weight is 449 g/mol. The number of hydrogen-bond donors (Lipinski definition) is 3. The van der Waals surface area contributed by atoms with Crippen molar-refractivity contribution in [3.63, 3.8) is 0 Å². The number of thiocarbonyl (C=S) groups is 1. The summed E-state index contributed by atoms with van der Waals surface area (Å²) in [7, 11) is 0. The summed E-state index contributed by atoms with van der Waals surface area (Å²) in [5.74, 6) is -0.949. The predicted octanol–water partition coefficient (Wildman–Crippen LogP) is 2.46. The number of benzene rings is 1. The molecule has 0 aliphatic carbocycles. The molecule has 0 fully saturated rings. The van der Waals surface area contributed by atoms with Gasteiger partial charge in [-0.3, -0.25) is 4.79 Å². The number of allylic oxidation sites excluding steroid dienone is 1. The second kappa shape index (κ2) is 11.3. The fourth-order valence-corrected chi connectivity index (χ4v) is 3.60. The Labute approximate surface area is 187 Å². The van der Waals surface area contributed by atoms with Gasteiger partial charge in [0.05, 0.1) is 24.8 Å². The van der Waals surface area contributed by atoms with Crippen molar-refractivity contribution in [2.75, 3.05) is 31.6 Å². The molecule has 1 aromatic carbocycles. The molecule has 3 N–H and O–H groups in total. The van der Waals surface area contributed by atoms with Gasteiger partial charge in [0.1, 0.15) is 6.54 Å². The lowest BCUT2D eigenvalue weighted by molar-refractivity contribution is -0.142. The third kappa shape index (κ3) is 6.17. The lowest BCUT2D eigenvalue weighted by atomic mass is 9.94. The van der Waals surface area contributed by atoms with Crippen LogP contribution in [0.15, 0.2) is 35.5 Å². The summed E-state index contributed by atoms with van der Waals surface area (Å²) >= 11 is 5.47. The molecule has 10 heteroatoms. The van der Waals surface area contributed by atoms with Crippen LogP contribution in [0.3, 0.4) is 0 Å². The number of nitrogens with zero attached hydrogens (tertiary/aromatic N) is 1. The van der Waals surface area contributed by atoms with Gasteiger partial charge < -0.3 is 30.3 Å². The van der Waals surface area contributed by atoms with Crippen LogP contribution in [0, 0.1) is 0 Å². The van der Waals surface area contributed by atoms with Crippen molar-refractivity contribution in [1.29, 1.82) is 0 Å². The lowest BCUT2D eigenvalue weighted by Crippen LogP contribution is -2.47. The van der Waals surface area contributed by atoms with E-state index < -0.39 is 24.0 Å². The van der Waals surface area contributed by atoms with Crippen LogP contribution in [0.2, 0.25) is 0 Å². The summed E-state index contributed by atoms with van der Waals surface area (Å²) < 4.78 is 10.0. The molecule has 9 nitrogen and oxygen atoms in total. The first-order valence-electron chi connectivity index (χ1n) is 10.1. The zero-order valence-electron chi connectivity index (χ0n) is 18.1. The highest BCUT2D eigenvalue weighted by atomic mass is 32.1. The molecule has 1 aromatic rings. The quantitative estimate of drug-likeness (QED) is 0.411. The molecule has 1 aliphatic rings. The fourth-order valence-electron chi connectivity index (χ4n) is 3.22. The van der Waals surface area contributed by atoms with E-state index in [0.717, 1.165) is 11.3 Å². The van der Waals surface area contributed by atoms with Crippen molar-refractivity contribution >= 4 is 41.0 Å². The largest absolute Gasteiger partial charge is 0.465 e. The van der Waals surface area contributed by atoms with E-state index in [4.69, 9.17) is 21.7 Å². The molecular formula is C21H28N4O5S. The van der Waals surface area contributed by atoms with Gasteiger partial charge in [0.15, 0.2) is 5.11 Å². The average Bonchev–Trinajstić information content (AvgIpc) is 2.72. The van der Waals surface area contributed by atoms with Crippen LogP contribution in [0.1, 0.15) is 39.3 Å². The third-order valence-electron chi connectivity index (χ3n) is 4.58. The molecular weight excluding hydrogens is 420 g/mol. The minimum Gasteiger partial charge on any atom is -0.465 e. The van der Waals surface area contributed by atoms with Crippen molar-refractivity contribution in [3.8, 4) is 0 Å². The molecule has 0 saturated heterocycles. The number of esters is 2. The fraction of sp³-hybridized carbons (Fsp3) is 0.429. The van der Waals surface area contributed by atoms with Crippen molar-refractivity contribution in [2.45, 2.75) is 33.7 Å². The first-order valence-corrected chi connectivity index (χ1v) is 10.5. The van der Waals surface area contributed by atoms with Gasteiger partial charge in [-0.2, -0.15) is 0 Å². The van der Waals surface area contributed by atoms with Crippen molar-refractivity contribution in [1.82, 2.24) is 15.5 Å². The zero-order chi connectivity index (χ0) is 23.0. The minimum absolute atomic E-state index is 0.237. The van der Waals surface area contributed by atoms with Crippen molar-refractivity contribution < 1.29 is 23.9 Å². The van der Waals surface area contributed by atoms with Gasteiger partial charge >= 0.3 is 18.0 Å². The highest BCUT2D eigenvalue weighted by Gasteiger charge is 2.34. The Kier molecular flexibility index (Phi) is 8.80. The Morgan fingerprint density at radius 1 is 1.16 bits per heavy atom. The van der Waals surface area contributed by atoms with Gasteiger partial charge in [0.2, 0.25) is 0 Å². The first-order chi connectivity index (χ1) is 14.8. The Morgan fingerprint density at radius 3 is 2.52 bits per heavy atom. The number of amides is 2. The van der Waals surface area contributed by atoms with Crippen LogP contribution in [-0.4, -0.2) is 54.3 Å². The van der Waals surface area contributed by atoms with E-state index in [0.29, 0.717) is 22.9 Å². The number of nitrogens with one attached hydrogen (secondary N) is 3. The molecule has 1 aliphatic heterocycles. The van der Waals surface area contributed by atoms with Crippen molar-refractivity contribution in [2.24, 2.45) is 0 Å². The van der Waals surface area contributed by atoms with E-state index in [-0.39, 0.29) is 19.8 Å². The SMILES string of the molecule is CCOC(=O)CNC(=O)Nc1cccc(C2NC(=S)N(CC)C(C)=C2C(=O)OCC)c1. The number of ether oxygens (including phenoxy) is 2. The van der Waals surface area contributed by atoms with E-state index in [1.807, 2.05) is 24.8 Å². The standard InChI is InChI=1S/C21H28N4O5S/c1-5-25-13(4)17(19(27)30-7-3)18(24-21(25)31)14-9-8-10-15(11-14)23-20(28)22-12-16(26)29-6-2/h8-11,18H,5-7,12H2,1-4H3,(H,24,31)(H2,22,23,28). The number of carbonyl (C=O) groups is 3. The summed E-state index contributed by atoms with van der Waals surface area (Å²) in [6.07, 6.45) is 0. The molecule has 1 heterocycles. The van der Waals surface area contributed by atoms with E-state index in [2.05, 4.69) is 16.0 Å². The summed E-state index contributed by atoms with van der Waals surface area (Å²) in [5, 5.41) is 8.80. The van der Waals surface area contributed by atoms with Crippen LogP contribution in [0.5, 0.6) is 0 Å². The molecule has 2 amide bonds. The highest BCUT2D eigenvalue weighted by Crippen LogP contribution is 2.32. The monoisotopic (exact) mass is 448 g/mol. The number of carbonyl (C=O) groups excluding carboxylic acids is 3. The van der Waals surface area contributed by atoms with Crippen molar-refractivity contribution in [3.05, 3.63) is 41.1 Å². The van der Waals surface area contributed by atoms with Gasteiger partial charge in [0.25, 0.3) is 0 Å². The molecule has 2 rings (SSSR count). The number of hydrogen-bond acceptors (Lipinski definition) is 6. The molecule has 0 saturated carbocycles. The van der Waals surface area contributed by atoms with Crippen LogP contribution < -0.4 is 16.0 Å². The topological polar surface area (TPSA) is 109 Å². The molecule has 31 heavy (non-hydrogen) atoms. The molecule has 0 spiro atoms. The van der Waals surface area contributed by atoms with Gasteiger partial charge in [-0.1, -0.05) is 12.1 Å². The summed E-state index contributed by atoms with van der Waals surface area (Å²) in [5.41, 5.74) is 2.40. The smallest absolute Gasteiger partial charge is 0.338 e. The molecule has 1 unspecified atom stereocenters. The molecule has 168 valence electrons. The number of anilines is 1. The van der Waals surface area contributed by atoms with E-state index in [9.17, 15) is 14.4 Å². The van der Waals surface area contributed by atoms with Crippen LogP contribution >= 0.6 is 12.2 Å². The van der Waals surface area contributed by atoms with E-state index in [1.54, 1.807) is 32.0 Å². The van der Waals surface area contributed by atoms with Crippen LogP contribution in [-0.2, 0) is 19.1 Å². The summed E-state index contributed by atoms with van der Waals surface area (Å²) in [6.45, 7) is 8.08. The zero-order valence-corrected chi connectivity index (χ0v) is 18.9. The predicted molar refractivity (Wildman–Crippen MR) is 120 cm³/mol. The molecule has 0 bridgehead atoms. The normalized spacial score (nSPS) is 15.8. The number of rotatable bonds is 8. The second-order valence-corrected chi connectivity index (χ2v) is 6.97. The van der Waals surface area contributed by atoms with Crippen LogP contribution in [0.25, 0.3) is 0 Å². The summed E-state index contributed by atoms with van der Waals surface area (Å²) in [6, 6.07) is 5.94. The van der Waals surface area contributed by atoms with Gasteiger partial charge in [0, 0.05) is 17.9 Å². The van der Waals surface area contributed by atoms with E-state index >= 15 is 0 Å². The van der Waals surface area contributed by atoms with E-state index in [1.165, 1.54) is 0 Å². The van der Waals surface area contributed by atoms with Crippen LogP contribution in [0.4, 0.5) is 10.5 Å². The Hall–Kier alpha value is -3.14. The van der Waals surface area contributed by atoms with Gasteiger partial charge in [-0.15, -0.1) is 0 Å². The number of urea groups is 1. The third-order valence-corrected chi connectivity index (χ3v) is 4.92. The second-order valence-electron chi connectivity index (χ2n) is 6.58. The Bertz CT molecular complexity index is 886. The minimum atomic E-state index is -0.549.